The van der Waals surface area contributed by atoms with Gasteiger partial charge in [0.15, 0.2) is 0 Å². The van der Waals surface area contributed by atoms with Crippen LogP contribution in [0.15, 0.2) is 6.07 Å². The fourth-order valence-corrected chi connectivity index (χ4v) is 2.94. The molecule has 4 heteroatoms. The molecule has 0 spiro atoms. The van der Waals surface area contributed by atoms with Crippen LogP contribution < -0.4 is 10.5 Å². The minimum atomic E-state index is -0.506. The molecular weight excluding hydrogens is 224 g/mol. The summed E-state index contributed by atoms with van der Waals surface area (Å²) in [6.45, 7) is 0.828. The van der Waals surface area contributed by atoms with Crippen molar-refractivity contribution in [3.8, 4) is 5.75 Å². The van der Waals surface area contributed by atoms with Gasteiger partial charge >= 0.3 is 0 Å². The smallest absolute Gasteiger partial charge is 0.133 e. The van der Waals surface area contributed by atoms with E-state index < -0.39 is 11.6 Å². The summed E-state index contributed by atoms with van der Waals surface area (Å²) in [6, 6.07) is 0.985. The Hall–Kier alpha value is -1.16. The van der Waals surface area contributed by atoms with Crippen LogP contribution in [-0.4, -0.2) is 13.2 Å². The first-order valence-corrected chi connectivity index (χ1v) is 6.02. The van der Waals surface area contributed by atoms with Gasteiger partial charge in [-0.2, -0.15) is 0 Å². The number of benzene rings is 1. The van der Waals surface area contributed by atoms with Crippen LogP contribution in [0.25, 0.3) is 0 Å². The molecule has 0 aromatic heterocycles. The van der Waals surface area contributed by atoms with E-state index in [2.05, 4.69) is 0 Å². The third-order valence-electron chi connectivity index (χ3n) is 4.11. The number of nitrogens with two attached hydrogens (primary N) is 1. The normalized spacial score (nSPS) is 20.6. The van der Waals surface area contributed by atoms with E-state index in [1.165, 1.54) is 0 Å². The number of hydrogen-bond acceptors (Lipinski definition) is 2. The van der Waals surface area contributed by atoms with Gasteiger partial charge in [-0.05, 0) is 12.8 Å². The first kappa shape index (κ1) is 11.0. The molecule has 0 radical (unpaired) electrons. The van der Waals surface area contributed by atoms with Crippen LogP contribution in [-0.2, 0) is 11.8 Å². The number of ether oxygens (including phenoxy) is 1. The summed E-state index contributed by atoms with van der Waals surface area (Å²) in [6.07, 6.45) is 3.29. The minimum absolute atomic E-state index is 0.327. The molecule has 2 aliphatic rings. The molecule has 17 heavy (non-hydrogen) atoms. The summed E-state index contributed by atoms with van der Waals surface area (Å²) in [7, 11) is 0. The van der Waals surface area contributed by atoms with Gasteiger partial charge in [0.05, 0.1) is 6.61 Å². The highest BCUT2D eigenvalue weighted by Crippen LogP contribution is 2.50. The van der Waals surface area contributed by atoms with Crippen LogP contribution in [0.1, 0.15) is 30.4 Å². The average Bonchev–Trinajstić information content (AvgIpc) is 2.70. The monoisotopic (exact) mass is 239 g/mol. The van der Waals surface area contributed by atoms with E-state index >= 15 is 0 Å². The Bertz CT molecular complexity index is 463. The molecule has 0 unspecified atom stereocenters. The molecule has 1 heterocycles. The van der Waals surface area contributed by atoms with Crippen LogP contribution in [0, 0.1) is 11.6 Å². The summed E-state index contributed by atoms with van der Waals surface area (Å²) < 4.78 is 33.1. The van der Waals surface area contributed by atoms with Crippen molar-refractivity contribution in [2.75, 3.05) is 13.2 Å². The number of rotatable bonds is 2. The quantitative estimate of drug-likeness (QED) is 0.859. The summed E-state index contributed by atoms with van der Waals surface area (Å²) in [5.41, 5.74) is 6.49. The second-order valence-corrected chi connectivity index (χ2v) is 4.96. The molecule has 1 aliphatic heterocycles. The van der Waals surface area contributed by atoms with Gasteiger partial charge < -0.3 is 10.5 Å². The van der Waals surface area contributed by atoms with Gasteiger partial charge in [-0.15, -0.1) is 0 Å². The van der Waals surface area contributed by atoms with Gasteiger partial charge in [0.1, 0.15) is 17.4 Å². The van der Waals surface area contributed by atoms with Crippen molar-refractivity contribution >= 4 is 0 Å². The molecule has 1 aromatic rings. The van der Waals surface area contributed by atoms with Crippen molar-refractivity contribution in [1.29, 1.82) is 0 Å². The number of fused-ring (bicyclic) bond motifs is 1. The highest BCUT2D eigenvalue weighted by Gasteiger charge is 2.43. The molecular formula is C13H15F2NO. The van der Waals surface area contributed by atoms with E-state index in [4.69, 9.17) is 10.5 Å². The lowest BCUT2D eigenvalue weighted by atomic mass is 9.64. The van der Waals surface area contributed by atoms with Crippen molar-refractivity contribution in [3.05, 3.63) is 28.8 Å². The lowest BCUT2D eigenvalue weighted by Crippen LogP contribution is -2.42. The molecule has 1 aliphatic carbocycles. The van der Waals surface area contributed by atoms with Crippen LogP contribution in [0.5, 0.6) is 5.75 Å². The molecule has 0 amide bonds. The van der Waals surface area contributed by atoms with Crippen molar-refractivity contribution in [3.63, 3.8) is 0 Å². The molecule has 3 rings (SSSR count). The molecule has 1 saturated carbocycles. The maximum Gasteiger partial charge on any atom is 0.133 e. The van der Waals surface area contributed by atoms with Gasteiger partial charge in [-0.3, -0.25) is 0 Å². The largest absolute Gasteiger partial charge is 0.492 e. The zero-order chi connectivity index (χ0) is 12.0. The van der Waals surface area contributed by atoms with Gasteiger partial charge in [0, 0.05) is 35.6 Å². The van der Waals surface area contributed by atoms with Gasteiger partial charge in [0.25, 0.3) is 0 Å². The molecule has 1 fully saturated rings. The number of hydrogen-bond donors (Lipinski definition) is 1. The summed E-state index contributed by atoms with van der Waals surface area (Å²) >= 11 is 0. The molecule has 92 valence electrons. The second kappa shape index (κ2) is 3.67. The third-order valence-corrected chi connectivity index (χ3v) is 4.11. The van der Waals surface area contributed by atoms with Gasteiger partial charge in [-0.25, -0.2) is 8.78 Å². The maximum absolute atomic E-state index is 14.0. The van der Waals surface area contributed by atoms with Crippen LogP contribution >= 0.6 is 0 Å². The van der Waals surface area contributed by atoms with Crippen molar-refractivity contribution in [1.82, 2.24) is 0 Å². The summed E-state index contributed by atoms with van der Waals surface area (Å²) in [5, 5.41) is 0. The third kappa shape index (κ3) is 1.40. The molecule has 0 saturated heterocycles. The van der Waals surface area contributed by atoms with Gasteiger partial charge in [0.2, 0.25) is 0 Å². The Balaban J connectivity index is 2.19. The molecule has 0 atom stereocenters. The van der Waals surface area contributed by atoms with E-state index in [0.717, 1.165) is 25.3 Å². The molecule has 2 N–H and O–H groups in total. The van der Waals surface area contributed by atoms with E-state index in [0.29, 0.717) is 36.4 Å². The second-order valence-electron chi connectivity index (χ2n) is 4.96. The Labute approximate surface area is 98.8 Å². The minimum Gasteiger partial charge on any atom is -0.492 e. The van der Waals surface area contributed by atoms with E-state index in [1.807, 2.05) is 0 Å². The predicted molar refractivity (Wildman–Crippen MR) is 60.1 cm³/mol. The van der Waals surface area contributed by atoms with Gasteiger partial charge in [-0.1, -0.05) is 6.42 Å². The first-order chi connectivity index (χ1) is 8.18. The SMILES string of the molecule is NCC1(c2c(F)cc(F)c3c2OCC3)CCC1. The fraction of sp³-hybridized carbons (Fsp3) is 0.538. The van der Waals surface area contributed by atoms with Crippen molar-refractivity contribution < 1.29 is 13.5 Å². The first-order valence-electron chi connectivity index (χ1n) is 6.02. The number of halogens is 2. The molecule has 2 nitrogen and oxygen atoms in total. The van der Waals surface area contributed by atoms with E-state index in [9.17, 15) is 8.78 Å². The predicted octanol–water partition coefficient (Wildman–Crippen LogP) is 2.28. The van der Waals surface area contributed by atoms with E-state index in [1.54, 1.807) is 0 Å². The maximum atomic E-state index is 14.0. The standard InChI is InChI=1S/C13H15F2NO/c14-9-6-10(15)11(12-8(9)2-5-17-12)13(7-16)3-1-4-13/h6H,1-5,7,16H2. The Kier molecular flexibility index (Phi) is 2.36. The highest BCUT2D eigenvalue weighted by molar-refractivity contribution is 5.50. The Morgan fingerprint density at radius 3 is 2.65 bits per heavy atom. The molecule has 0 bridgehead atoms. The fourth-order valence-electron chi connectivity index (χ4n) is 2.94. The Morgan fingerprint density at radius 2 is 2.06 bits per heavy atom. The molecule has 1 aromatic carbocycles. The average molecular weight is 239 g/mol. The topological polar surface area (TPSA) is 35.2 Å². The van der Waals surface area contributed by atoms with Crippen LogP contribution in [0.4, 0.5) is 8.78 Å². The summed E-state index contributed by atoms with van der Waals surface area (Å²) in [4.78, 5) is 0. The van der Waals surface area contributed by atoms with Crippen LogP contribution in [0.2, 0.25) is 0 Å². The van der Waals surface area contributed by atoms with E-state index in [-0.39, 0.29) is 5.41 Å². The van der Waals surface area contributed by atoms with Crippen LogP contribution in [0.3, 0.4) is 0 Å². The summed E-state index contributed by atoms with van der Waals surface area (Å²) in [5.74, 6) is -0.578. The zero-order valence-electron chi connectivity index (χ0n) is 9.56. The Morgan fingerprint density at radius 1 is 1.29 bits per heavy atom. The zero-order valence-corrected chi connectivity index (χ0v) is 9.56. The highest BCUT2D eigenvalue weighted by atomic mass is 19.1. The van der Waals surface area contributed by atoms with Crippen molar-refractivity contribution in [2.24, 2.45) is 5.73 Å². The lowest BCUT2D eigenvalue weighted by Gasteiger charge is -2.42. The van der Waals surface area contributed by atoms with Crippen molar-refractivity contribution in [2.45, 2.75) is 31.1 Å². The lowest BCUT2D eigenvalue weighted by molar-refractivity contribution is 0.232.